The molecule has 2 rings (SSSR count). The molecule has 0 unspecified atom stereocenters. The Labute approximate surface area is 154 Å². The summed E-state index contributed by atoms with van der Waals surface area (Å²) in [5, 5.41) is 2.87. The highest BCUT2D eigenvalue weighted by molar-refractivity contribution is 9.10. The van der Waals surface area contributed by atoms with Gasteiger partial charge in [0.05, 0.1) is 31.5 Å². The summed E-state index contributed by atoms with van der Waals surface area (Å²) >= 11 is 4.83. The van der Waals surface area contributed by atoms with Crippen molar-refractivity contribution in [3.05, 3.63) is 32.7 Å². The molecule has 0 atom stereocenters. The van der Waals surface area contributed by atoms with E-state index >= 15 is 0 Å². The van der Waals surface area contributed by atoms with Gasteiger partial charge in [-0.15, -0.1) is 11.3 Å². The Morgan fingerprint density at radius 3 is 2.42 bits per heavy atom. The third-order valence-electron chi connectivity index (χ3n) is 3.41. The van der Waals surface area contributed by atoms with E-state index in [1.165, 1.54) is 43.0 Å². The number of hydrogen-bond acceptors (Lipinski definition) is 6. The number of ether oxygens (including phenoxy) is 2. The number of thiazole rings is 1. The molecule has 0 bridgehead atoms. The highest BCUT2D eigenvalue weighted by atomic mass is 79.9. The summed E-state index contributed by atoms with van der Waals surface area (Å²) in [6.45, 7) is 2.23. The second kappa shape index (κ2) is 7.81. The fourth-order valence-electron chi connectivity index (χ4n) is 2.10. The number of rotatable bonds is 7. The van der Waals surface area contributed by atoms with E-state index in [-0.39, 0.29) is 11.4 Å². The second-order valence-electron chi connectivity index (χ2n) is 4.98. The van der Waals surface area contributed by atoms with Gasteiger partial charge in [0.25, 0.3) is 0 Å². The molecule has 1 aromatic heterocycles. The van der Waals surface area contributed by atoms with Crippen molar-refractivity contribution in [2.45, 2.75) is 24.8 Å². The average molecular weight is 435 g/mol. The Bertz CT molecular complexity index is 821. The molecule has 0 aliphatic heterocycles. The molecule has 0 radical (unpaired) electrons. The summed E-state index contributed by atoms with van der Waals surface area (Å²) < 4.78 is 37.8. The van der Waals surface area contributed by atoms with E-state index in [4.69, 9.17) is 9.47 Å². The Kier molecular flexibility index (Phi) is 6.24. The van der Waals surface area contributed by atoms with Crippen LogP contribution >= 0.6 is 27.3 Å². The maximum Gasteiger partial charge on any atom is 0.244 e. The van der Waals surface area contributed by atoms with E-state index in [9.17, 15) is 8.42 Å². The van der Waals surface area contributed by atoms with Gasteiger partial charge in [-0.3, -0.25) is 0 Å². The van der Waals surface area contributed by atoms with Crippen LogP contribution in [-0.4, -0.2) is 39.0 Å². The first kappa shape index (κ1) is 19.2. The average Bonchev–Trinajstić information content (AvgIpc) is 3.01. The van der Waals surface area contributed by atoms with E-state index in [1.807, 2.05) is 12.3 Å². The van der Waals surface area contributed by atoms with Crippen LogP contribution in [0.4, 0.5) is 0 Å². The summed E-state index contributed by atoms with van der Waals surface area (Å²) in [5.74, 6) is 0.813. The molecule has 0 aliphatic rings. The highest BCUT2D eigenvalue weighted by Gasteiger charge is 2.26. The number of nitrogens with zero attached hydrogens (tertiary/aromatic N) is 2. The van der Waals surface area contributed by atoms with Gasteiger partial charge in [-0.05, 0) is 28.4 Å². The summed E-state index contributed by atoms with van der Waals surface area (Å²) in [6, 6.07) is 3.03. The quantitative estimate of drug-likeness (QED) is 0.668. The number of hydrogen-bond donors (Lipinski definition) is 0. The minimum atomic E-state index is -3.71. The van der Waals surface area contributed by atoms with Crippen LogP contribution in [0.2, 0.25) is 0 Å². The lowest BCUT2D eigenvalue weighted by molar-refractivity contribution is 0.353. The van der Waals surface area contributed by atoms with Crippen LogP contribution in [0.3, 0.4) is 0 Å². The van der Waals surface area contributed by atoms with Gasteiger partial charge in [0.1, 0.15) is 4.90 Å². The van der Waals surface area contributed by atoms with Gasteiger partial charge in [0, 0.05) is 23.0 Å². The molecule has 0 saturated carbocycles. The minimum absolute atomic E-state index is 0.119. The first-order chi connectivity index (χ1) is 11.3. The SMILES string of the molecule is CCc1nc(CN(C)S(=O)(=O)c2cc(OC)c(OC)cc2Br)cs1. The normalized spacial score (nSPS) is 11.8. The van der Waals surface area contributed by atoms with Crippen LogP contribution in [0.5, 0.6) is 11.5 Å². The summed E-state index contributed by atoms with van der Waals surface area (Å²) in [7, 11) is 0.788. The molecule has 1 aromatic carbocycles. The van der Waals surface area contributed by atoms with E-state index in [2.05, 4.69) is 20.9 Å². The maximum atomic E-state index is 12.9. The molecule has 9 heteroatoms. The van der Waals surface area contributed by atoms with Crippen molar-refractivity contribution in [3.8, 4) is 11.5 Å². The van der Waals surface area contributed by atoms with Crippen LogP contribution in [0, 0.1) is 0 Å². The molecule has 0 fully saturated rings. The molecule has 0 saturated heterocycles. The van der Waals surface area contributed by atoms with Gasteiger partial charge < -0.3 is 9.47 Å². The summed E-state index contributed by atoms with van der Waals surface area (Å²) in [5.41, 5.74) is 0.736. The third-order valence-corrected chi connectivity index (χ3v) is 7.22. The van der Waals surface area contributed by atoms with Gasteiger partial charge in [0.2, 0.25) is 10.0 Å². The van der Waals surface area contributed by atoms with Crippen molar-refractivity contribution >= 4 is 37.3 Å². The highest BCUT2D eigenvalue weighted by Crippen LogP contribution is 2.36. The van der Waals surface area contributed by atoms with E-state index in [0.29, 0.717) is 16.0 Å². The van der Waals surface area contributed by atoms with Crippen molar-refractivity contribution in [2.24, 2.45) is 0 Å². The van der Waals surface area contributed by atoms with Crippen molar-refractivity contribution in [2.75, 3.05) is 21.3 Å². The molecule has 0 aliphatic carbocycles. The van der Waals surface area contributed by atoms with Crippen LogP contribution in [0.1, 0.15) is 17.6 Å². The van der Waals surface area contributed by atoms with Gasteiger partial charge >= 0.3 is 0 Å². The zero-order valence-electron chi connectivity index (χ0n) is 13.9. The third kappa shape index (κ3) is 3.90. The minimum Gasteiger partial charge on any atom is -0.493 e. The topological polar surface area (TPSA) is 68.7 Å². The largest absolute Gasteiger partial charge is 0.493 e. The number of methoxy groups -OCH3 is 2. The first-order valence-corrected chi connectivity index (χ1v) is 10.3. The monoisotopic (exact) mass is 434 g/mol. The smallest absolute Gasteiger partial charge is 0.244 e. The molecule has 24 heavy (non-hydrogen) atoms. The fourth-order valence-corrected chi connectivity index (χ4v) is 4.97. The predicted octanol–water partition coefficient (Wildman–Crippen LogP) is 3.31. The van der Waals surface area contributed by atoms with Crippen molar-refractivity contribution in [3.63, 3.8) is 0 Å². The van der Waals surface area contributed by atoms with Gasteiger partial charge in [0.15, 0.2) is 11.5 Å². The number of aromatic nitrogens is 1. The Morgan fingerprint density at radius 2 is 1.88 bits per heavy atom. The second-order valence-corrected chi connectivity index (χ2v) is 8.80. The summed E-state index contributed by atoms with van der Waals surface area (Å²) in [6.07, 6.45) is 0.836. The number of benzene rings is 1. The molecule has 1 heterocycles. The van der Waals surface area contributed by atoms with Crippen molar-refractivity contribution < 1.29 is 17.9 Å². The van der Waals surface area contributed by atoms with Crippen LogP contribution in [-0.2, 0) is 23.0 Å². The molecule has 0 amide bonds. The van der Waals surface area contributed by atoms with Crippen molar-refractivity contribution in [1.82, 2.24) is 9.29 Å². The van der Waals surface area contributed by atoms with Gasteiger partial charge in [-0.25, -0.2) is 13.4 Å². The first-order valence-electron chi connectivity index (χ1n) is 7.14. The number of aryl methyl sites for hydroxylation is 1. The Balaban J connectivity index is 2.35. The van der Waals surface area contributed by atoms with E-state index < -0.39 is 10.0 Å². The molecule has 6 nitrogen and oxygen atoms in total. The van der Waals surface area contributed by atoms with E-state index in [0.717, 1.165) is 17.1 Å². The van der Waals surface area contributed by atoms with Crippen LogP contribution in [0.15, 0.2) is 26.9 Å². The lowest BCUT2D eigenvalue weighted by Crippen LogP contribution is -2.27. The summed E-state index contributed by atoms with van der Waals surface area (Å²) in [4.78, 5) is 4.53. The number of sulfonamides is 1. The molecule has 0 spiro atoms. The van der Waals surface area contributed by atoms with Crippen LogP contribution < -0.4 is 9.47 Å². The van der Waals surface area contributed by atoms with Gasteiger partial charge in [-0.1, -0.05) is 6.92 Å². The standard InChI is InChI=1S/C15H19BrN2O4S2/c1-5-15-17-10(9-23-15)8-18(2)24(19,20)14-7-13(22-4)12(21-3)6-11(14)16/h6-7,9H,5,8H2,1-4H3. The maximum absolute atomic E-state index is 12.9. The molecule has 0 N–H and O–H groups in total. The zero-order chi connectivity index (χ0) is 17.9. The predicted molar refractivity (Wildman–Crippen MR) is 97.4 cm³/mol. The molecule has 2 aromatic rings. The molecular weight excluding hydrogens is 416 g/mol. The van der Waals surface area contributed by atoms with Gasteiger partial charge in [-0.2, -0.15) is 4.31 Å². The lowest BCUT2D eigenvalue weighted by atomic mass is 10.3. The molecular formula is C15H19BrN2O4S2. The number of halogens is 1. The van der Waals surface area contributed by atoms with Crippen LogP contribution in [0.25, 0.3) is 0 Å². The zero-order valence-corrected chi connectivity index (χ0v) is 17.1. The Hall–Kier alpha value is -1.16. The molecule has 132 valence electrons. The lowest BCUT2D eigenvalue weighted by Gasteiger charge is -2.18. The fraction of sp³-hybridized carbons (Fsp3) is 0.400. The Morgan fingerprint density at radius 1 is 1.25 bits per heavy atom. The van der Waals surface area contributed by atoms with E-state index in [1.54, 1.807) is 6.07 Å². The van der Waals surface area contributed by atoms with Crippen molar-refractivity contribution in [1.29, 1.82) is 0 Å².